The Morgan fingerprint density at radius 3 is 2.87 bits per heavy atom. The average molecular weight is 328 g/mol. The molecule has 0 radical (unpaired) electrons. The molecular weight excluding hydrogens is 312 g/mol. The molecule has 118 valence electrons. The highest BCUT2D eigenvalue weighted by Crippen LogP contribution is 2.55. The molecule has 0 bridgehead atoms. The number of phenols is 1. The molecule has 1 aromatic heterocycles. The van der Waals surface area contributed by atoms with Gasteiger partial charge in [0.25, 0.3) is 5.69 Å². The van der Waals surface area contributed by atoms with Gasteiger partial charge in [0.15, 0.2) is 0 Å². The maximum atomic E-state index is 11.4. The molecule has 3 atom stereocenters. The number of nitrogens with one attached hydrogen (secondary N) is 1. The van der Waals surface area contributed by atoms with E-state index in [1.54, 1.807) is 11.3 Å². The Kier molecular flexibility index (Phi) is 3.16. The smallest absolute Gasteiger partial charge is 0.275 e. The molecule has 0 fully saturated rings. The van der Waals surface area contributed by atoms with Crippen molar-refractivity contribution in [2.24, 2.45) is 5.92 Å². The summed E-state index contributed by atoms with van der Waals surface area (Å²) < 4.78 is 0. The molecule has 2 N–H and O–H groups in total. The fourth-order valence-corrected chi connectivity index (χ4v) is 4.74. The molecule has 23 heavy (non-hydrogen) atoms. The number of fused-ring (bicyclic) bond motifs is 3. The van der Waals surface area contributed by atoms with Gasteiger partial charge in [-0.1, -0.05) is 12.2 Å². The Labute approximate surface area is 137 Å². The lowest BCUT2D eigenvalue weighted by molar-refractivity contribution is -0.385. The van der Waals surface area contributed by atoms with Crippen LogP contribution in [0, 0.1) is 23.0 Å². The maximum Gasteiger partial charge on any atom is 0.275 e. The molecule has 0 saturated carbocycles. The lowest BCUT2D eigenvalue weighted by Gasteiger charge is -2.36. The number of anilines is 1. The first-order valence-corrected chi connectivity index (χ1v) is 8.37. The fourth-order valence-electron chi connectivity index (χ4n) is 3.74. The maximum absolute atomic E-state index is 11.4. The fraction of sp³-hybridized carbons (Fsp3) is 0.294. The van der Waals surface area contributed by atoms with Gasteiger partial charge in [-0.2, -0.15) is 0 Å². The normalized spacial score (nSPS) is 24.8. The number of nitro benzene ring substituents is 1. The zero-order chi connectivity index (χ0) is 16.1. The Bertz CT molecular complexity index is 827. The number of hydrogen-bond donors (Lipinski definition) is 2. The topological polar surface area (TPSA) is 75.4 Å². The Balaban J connectivity index is 1.88. The molecule has 1 aliphatic carbocycles. The SMILES string of the molecule is Cc1ccc(C2Nc3c(O)ccc([N+](=O)[O-])c3C3C=CCC32)s1. The van der Waals surface area contributed by atoms with E-state index in [2.05, 4.69) is 30.4 Å². The van der Waals surface area contributed by atoms with Crippen LogP contribution in [0.15, 0.2) is 36.4 Å². The van der Waals surface area contributed by atoms with Crippen LogP contribution >= 0.6 is 11.3 Å². The largest absolute Gasteiger partial charge is 0.506 e. The summed E-state index contributed by atoms with van der Waals surface area (Å²) in [5, 5.41) is 25.0. The van der Waals surface area contributed by atoms with E-state index in [-0.39, 0.29) is 34.2 Å². The lowest BCUT2D eigenvalue weighted by atomic mass is 9.78. The zero-order valence-corrected chi connectivity index (χ0v) is 13.3. The highest BCUT2D eigenvalue weighted by Gasteiger charge is 2.43. The van der Waals surface area contributed by atoms with E-state index in [4.69, 9.17) is 0 Å². The molecule has 1 aliphatic heterocycles. The number of nitrogens with zero attached hydrogens (tertiary/aromatic N) is 1. The van der Waals surface area contributed by atoms with Crippen LogP contribution in [-0.2, 0) is 0 Å². The van der Waals surface area contributed by atoms with E-state index < -0.39 is 0 Å². The molecule has 2 aromatic rings. The monoisotopic (exact) mass is 328 g/mol. The predicted octanol–water partition coefficient (Wildman–Crippen LogP) is 4.50. The molecular formula is C17H16N2O3S. The third-order valence-electron chi connectivity index (χ3n) is 4.74. The number of hydrogen-bond acceptors (Lipinski definition) is 5. The molecule has 0 saturated heterocycles. The first-order valence-electron chi connectivity index (χ1n) is 7.56. The van der Waals surface area contributed by atoms with E-state index in [1.807, 2.05) is 6.08 Å². The van der Waals surface area contributed by atoms with Gasteiger partial charge in [0.1, 0.15) is 5.75 Å². The van der Waals surface area contributed by atoms with Crippen LogP contribution in [0.4, 0.5) is 11.4 Å². The summed E-state index contributed by atoms with van der Waals surface area (Å²) in [6.07, 6.45) is 5.02. The Morgan fingerprint density at radius 1 is 1.35 bits per heavy atom. The molecule has 4 rings (SSSR count). The minimum atomic E-state index is -0.362. The lowest BCUT2D eigenvalue weighted by Crippen LogP contribution is -2.29. The van der Waals surface area contributed by atoms with Crippen molar-refractivity contribution in [3.63, 3.8) is 0 Å². The summed E-state index contributed by atoms with van der Waals surface area (Å²) >= 11 is 1.73. The highest BCUT2D eigenvalue weighted by molar-refractivity contribution is 7.12. The first-order chi connectivity index (χ1) is 11.1. The van der Waals surface area contributed by atoms with Crippen molar-refractivity contribution < 1.29 is 10.0 Å². The van der Waals surface area contributed by atoms with Gasteiger partial charge in [0, 0.05) is 21.7 Å². The molecule has 1 aromatic carbocycles. The number of nitro groups is 1. The molecule has 6 heteroatoms. The molecule has 2 aliphatic rings. The average Bonchev–Trinajstić information content (AvgIpc) is 3.15. The second-order valence-electron chi connectivity index (χ2n) is 6.07. The van der Waals surface area contributed by atoms with E-state index in [0.717, 1.165) is 6.42 Å². The third-order valence-corrected chi connectivity index (χ3v) is 5.82. The number of allylic oxidation sites excluding steroid dienone is 2. The van der Waals surface area contributed by atoms with Crippen molar-refractivity contribution in [2.45, 2.75) is 25.3 Å². The Hall–Kier alpha value is -2.34. The van der Waals surface area contributed by atoms with E-state index in [1.165, 1.54) is 21.9 Å². The van der Waals surface area contributed by atoms with Crippen LogP contribution in [-0.4, -0.2) is 10.0 Å². The van der Waals surface area contributed by atoms with Gasteiger partial charge >= 0.3 is 0 Å². The van der Waals surface area contributed by atoms with E-state index in [0.29, 0.717) is 11.3 Å². The molecule has 5 nitrogen and oxygen atoms in total. The molecule has 3 unspecified atom stereocenters. The summed E-state index contributed by atoms with van der Waals surface area (Å²) in [4.78, 5) is 13.5. The number of phenolic OH excluding ortho intramolecular Hbond substituents is 1. The van der Waals surface area contributed by atoms with Crippen LogP contribution in [0.5, 0.6) is 5.75 Å². The number of rotatable bonds is 2. The summed E-state index contributed by atoms with van der Waals surface area (Å²) in [5.41, 5.74) is 1.19. The van der Waals surface area contributed by atoms with Crippen molar-refractivity contribution in [1.82, 2.24) is 0 Å². The standard InChI is InChI=1S/C17H16N2O3S/c1-9-5-8-14(23-9)16-11-4-2-3-10(11)15-12(19(21)22)6-7-13(20)17(15)18-16/h2-3,5-8,10-11,16,18,20H,4H2,1H3. The van der Waals surface area contributed by atoms with Crippen LogP contribution in [0.1, 0.15) is 33.7 Å². The second kappa shape index (κ2) is 5.09. The van der Waals surface area contributed by atoms with Crippen molar-refractivity contribution in [3.8, 4) is 5.75 Å². The molecule has 2 heterocycles. The van der Waals surface area contributed by atoms with Crippen LogP contribution in [0.25, 0.3) is 0 Å². The first kappa shape index (κ1) is 14.3. The molecule has 0 spiro atoms. The van der Waals surface area contributed by atoms with Gasteiger partial charge in [-0.25, -0.2) is 0 Å². The van der Waals surface area contributed by atoms with Gasteiger partial charge in [-0.15, -0.1) is 11.3 Å². The summed E-state index contributed by atoms with van der Waals surface area (Å²) in [7, 11) is 0. The minimum Gasteiger partial charge on any atom is -0.506 e. The summed E-state index contributed by atoms with van der Waals surface area (Å²) in [6.45, 7) is 2.07. The van der Waals surface area contributed by atoms with E-state index in [9.17, 15) is 15.2 Å². The second-order valence-corrected chi connectivity index (χ2v) is 7.39. The summed E-state index contributed by atoms with van der Waals surface area (Å²) in [6, 6.07) is 7.05. The molecule has 0 amide bonds. The van der Waals surface area contributed by atoms with Crippen molar-refractivity contribution in [2.75, 3.05) is 5.32 Å². The summed E-state index contributed by atoms with van der Waals surface area (Å²) in [5.74, 6) is 0.273. The van der Waals surface area contributed by atoms with Crippen LogP contribution in [0.3, 0.4) is 0 Å². The minimum absolute atomic E-state index is 0.0360. The number of thiophene rings is 1. The van der Waals surface area contributed by atoms with Gasteiger partial charge in [-0.3, -0.25) is 10.1 Å². The number of aromatic hydroxyl groups is 1. The zero-order valence-electron chi connectivity index (χ0n) is 12.5. The Morgan fingerprint density at radius 2 is 2.17 bits per heavy atom. The van der Waals surface area contributed by atoms with Crippen LogP contribution < -0.4 is 5.32 Å². The highest BCUT2D eigenvalue weighted by atomic mass is 32.1. The number of aryl methyl sites for hydroxylation is 1. The third kappa shape index (κ3) is 2.13. The number of benzene rings is 1. The van der Waals surface area contributed by atoms with E-state index >= 15 is 0 Å². The van der Waals surface area contributed by atoms with Gasteiger partial charge in [0.2, 0.25) is 0 Å². The van der Waals surface area contributed by atoms with Crippen molar-refractivity contribution in [3.05, 3.63) is 61.8 Å². The van der Waals surface area contributed by atoms with Crippen molar-refractivity contribution in [1.29, 1.82) is 0 Å². The van der Waals surface area contributed by atoms with Crippen molar-refractivity contribution >= 4 is 22.7 Å². The quantitative estimate of drug-likeness (QED) is 0.368. The van der Waals surface area contributed by atoms with Crippen LogP contribution in [0.2, 0.25) is 0 Å². The van der Waals surface area contributed by atoms with Gasteiger partial charge in [-0.05, 0) is 37.5 Å². The van der Waals surface area contributed by atoms with Gasteiger partial charge in [0.05, 0.1) is 22.2 Å². The van der Waals surface area contributed by atoms with Gasteiger partial charge < -0.3 is 10.4 Å². The predicted molar refractivity (Wildman–Crippen MR) is 90.2 cm³/mol.